The lowest BCUT2D eigenvalue weighted by atomic mass is 9.95. The number of nitrogens with one attached hydrogen (secondary N) is 1. The van der Waals surface area contributed by atoms with Crippen molar-refractivity contribution in [2.24, 2.45) is 23.0 Å². The molecule has 0 saturated carbocycles. The number of ether oxygens (including phenoxy) is 2. The molecule has 0 bridgehead atoms. The number of nitrogens with two attached hydrogens (primary N) is 1. The smallest absolute Gasteiger partial charge is 0.135 e. The molecule has 8 nitrogen and oxygen atoms in total. The number of Topliss-reactive ketones (excluding diaryl/α,β-unsaturated/α-hetero) is 1. The molecule has 0 aromatic carbocycles. The number of carbonyl (C=O) groups excluding carboxylic acids is 1. The molecule has 5 N–H and O–H groups in total. The van der Waals surface area contributed by atoms with Gasteiger partial charge in [0.1, 0.15) is 11.5 Å². The molecule has 0 heterocycles. The fourth-order valence-corrected chi connectivity index (χ4v) is 5.04. The van der Waals surface area contributed by atoms with Crippen molar-refractivity contribution in [1.82, 2.24) is 9.62 Å². The van der Waals surface area contributed by atoms with Gasteiger partial charge >= 0.3 is 0 Å². The Morgan fingerprint density at radius 2 is 1.65 bits per heavy atom. The van der Waals surface area contributed by atoms with Gasteiger partial charge in [0, 0.05) is 42.5 Å². The zero-order chi connectivity index (χ0) is 27.0. The van der Waals surface area contributed by atoms with Gasteiger partial charge in [-0.15, -0.1) is 10.8 Å². The number of hydrogen-bond acceptors (Lipinski definition) is 8. The van der Waals surface area contributed by atoms with Crippen LogP contribution < -0.4 is 10.5 Å². The lowest BCUT2D eigenvalue weighted by Crippen LogP contribution is -2.50. The second-order valence-corrected chi connectivity index (χ2v) is 14.1. The molecule has 206 valence electrons. The van der Waals surface area contributed by atoms with Crippen LogP contribution in [0.1, 0.15) is 82.1 Å². The first-order valence-corrected chi connectivity index (χ1v) is 14.2. The van der Waals surface area contributed by atoms with E-state index < -0.39 is 16.5 Å². The van der Waals surface area contributed by atoms with Crippen LogP contribution in [0.5, 0.6) is 0 Å². The lowest BCUT2D eigenvalue weighted by Gasteiger charge is -2.42. The molecular weight excluding hydrogens is 454 g/mol. The SMILES string of the molecule is CC(COCC(C)(C)CNS(O)(O)CC(C)(N)OCCC(C)(C)N(C)C(C)C)CC(=O)C(C)C. The first-order valence-electron chi connectivity index (χ1n) is 12.5. The second-order valence-electron chi connectivity index (χ2n) is 12.2. The Balaban J connectivity index is 4.54. The standard InChI is InChI=1S/C25H55N3O5S/c1-19(2)22(29)14-21(5)15-32-17-23(6,7)16-27-34(30,31)18-25(10,26)33-13-12-24(8,9)28(11)20(3)4/h19-21,27,30-31H,12-18,26H2,1-11H3. The van der Waals surface area contributed by atoms with E-state index in [9.17, 15) is 13.9 Å². The molecular formula is C25H55N3O5S. The molecule has 0 saturated heterocycles. The van der Waals surface area contributed by atoms with Gasteiger partial charge in [0.15, 0.2) is 0 Å². The molecule has 0 aliphatic heterocycles. The Morgan fingerprint density at radius 1 is 1.09 bits per heavy atom. The summed E-state index contributed by atoms with van der Waals surface area (Å²) in [7, 11) is -1.06. The van der Waals surface area contributed by atoms with Crippen molar-refractivity contribution in [3.63, 3.8) is 0 Å². The zero-order valence-corrected chi connectivity index (χ0v) is 24.6. The minimum atomic E-state index is -3.15. The van der Waals surface area contributed by atoms with Crippen LogP contribution in [0.4, 0.5) is 0 Å². The molecule has 2 unspecified atom stereocenters. The van der Waals surface area contributed by atoms with Crippen LogP contribution in [0.15, 0.2) is 0 Å². The molecule has 34 heavy (non-hydrogen) atoms. The van der Waals surface area contributed by atoms with Gasteiger partial charge in [0.2, 0.25) is 0 Å². The van der Waals surface area contributed by atoms with Crippen LogP contribution in [-0.4, -0.2) is 76.3 Å². The van der Waals surface area contributed by atoms with Crippen LogP contribution in [0, 0.1) is 17.3 Å². The summed E-state index contributed by atoms with van der Waals surface area (Å²) in [5, 5.41) is 0. The van der Waals surface area contributed by atoms with Crippen molar-refractivity contribution in [2.45, 2.75) is 99.4 Å². The summed E-state index contributed by atoms with van der Waals surface area (Å²) in [6, 6.07) is 0.411. The predicted molar refractivity (Wildman–Crippen MR) is 144 cm³/mol. The first-order chi connectivity index (χ1) is 15.2. The zero-order valence-electron chi connectivity index (χ0n) is 23.7. The van der Waals surface area contributed by atoms with Gasteiger partial charge in [-0.2, -0.15) is 0 Å². The van der Waals surface area contributed by atoms with Crippen molar-refractivity contribution < 1.29 is 23.4 Å². The Hall–Kier alpha value is -0.260. The molecule has 0 aliphatic carbocycles. The summed E-state index contributed by atoms with van der Waals surface area (Å²) in [5.41, 5.74) is 4.69. The molecule has 0 aromatic heterocycles. The molecule has 0 amide bonds. The van der Waals surface area contributed by atoms with E-state index in [1.165, 1.54) is 0 Å². The maximum atomic E-state index is 11.9. The molecule has 0 aliphatic rings. The minimum Gasteiger partial charge on any atom is -0.381 e. The maximum absolute atomic E-state index is 11.9. The third-order valence-electron chi connectivity index (χ3n) is 6.23. The molecule has 9 heteroatoms. The van der Waals surface area contributed by atoms with Crippen molar-refractivity contribution in [2.75, 3.05) is 39.2 Å². The summed E-state index contributed by atoms with van der Waals surface area (Å²) >= 11 is 0. The molecule has 2 atom stereocenters. The normalized spacial score (nSPS) is 16.9. The number of carbonyl (C=O) groups is 1. The molecule has 0 fully saturated rings. The van der Waals surface area contributed by atoms with E-state index in [1.807, 2.05) is 34.6 Å². The average molecular weight is 510 g/mol. The van der Waals surface area contributed by atoms with Crippen molar-refractivity contribution in [1.29, 1.82) is 0 Å². The Bertz CT molecular complexity index is 609. The van der Waals surface area contributed by atoms with Crippen molar-refractivity contribution >= 4 is 16.6 Å². The van der Waals surface area contributed by atoms with Gasteiger partial charge in [-0.25, -0.2) is 4.72 Å². The first kappa shape index (κ1) is 33.7. The average Bonchev–Trinajstić information content (AvgIpc) is 2.64. The number of rotatable bonds is 18. The Kier molecular flexibility index (Phi) is 13.8. The quantitative estimate of drug-likeness (QED) is 0.196. The van der Waals surface area contributed by atoms with Gasteiger partial charge in [-0.3, -0.25) is 18.8 Å². The highest BCUT2D eigenvalue weighted by atomic mass is 32.3. The summed E-state index contributed by atoms with van der Waals surface area (Å²) < 4.78 is 35.7. The highest BCUT2D eigenvalue weighted by Crippen LogP contribution is 2.38. The monoisotopic (exact) mass is 509 g/mol. The number of hydrogen-bond donors (Lipinski definition) is 4. The fraction of sp³-hybridized carbons (Fsp3) is 0.960. The van der Waals surface area contributed by atoms with E-state index in [4.69, 9.17) is 15.2 Å². The highest BCUT2D eigenvalue weighted by Gasteiger charge is 2.32. The van der Waals surface area contributed by atoms with Crippen LogP contribution in [0.25, 0.3) is 0 Å². The lowest BCUT2D eigenvalue weighted by molar-refractivity contribution is -0.123. The van der Waals surface area contributed by atoms with Gasteiger partial charge < -0.3 is 15.2 Å². The second kappa shape index (κ2) is 13.9. The van der Waals surface area contributed by atoms with E-state index >= 15 is 0 Å². The highest BCUT2D eigenvalue weighted by molar-refractivity contribution is 8.22. The van der Waals surface area contributed by atoms with Crippen molar-refractivity contribution in [3.05, 3.63) is 0 Å². The third kappa shape index (κ3) is 14.3. The summed E-state index contributed by atoms with van der Waals surface area (Å²) in [6.07, 6.45) is 1.28. The molecule has 0 aromatic rings. The van der Waals surface area contributed by atoms with Gasteiger partial charge in [-0.1, -0.05) is 34.6 Å². The summed E-state index contributed by atoms with van der Waals surface area (Å²) in [5.74, 6) is 0.331. The maximum Gasteiger partial charge on any atom is 0.135 e. The number of nitrogens with zero attached hydrogens (tertiary/aromatic N) is 1. The van der Waals surface area contributed by atoms with Crippen LogP contribution in [-0.2, 0) is 14.3 Å². The van der Waals surface area contributed by atoms with Crippen LogP contribution in [0.3, 0.4) is 0 Å². The predicted octanol–water partition coefficient (Wildman–Crippen LogP) is 4.74. The van der Waals surface area contributed by atoms with E-state index in [-0.39, 0.29) is 34.3 Å². The number of ketones is 1. The molecule has 0 rings (SSSR count). The molecule has 0 radical (unpaired) electrons. The topological polar surface area (TPSA) is 117 Å². The molecule has 0 spiro atoms. The Morgan fingerprint density at radius 3 is 2.15 bits per heavy atom. The van der Waals surface area contributed by atoms with Gasteiger partial charge in [-0.05, 0) is 54.0 Å². The Labute approximate surface area is 211 Å². The van der Waals surface area contributed by atoms with Crippen LogP contribution >= 0.6 is 10.8 Å². The van der Waals surface area contributed by atoms with Crippen LogP contribution in [0.2, 0.25) is 0 Å². The fourth-order valence-electron chi connectivity index (χ4n) is 3.44. The van der Waals surface area contributed by atoms with E-state index in [0.717, 1.165) is 6.42 Å². The van der Waals surface area contributed by atoms with Gasteiger partial charge in [0.05, 0.1) is 19.0 Å². The largest absolute Gasteiger partial charge is 0.381 e. The van der Waals surface area contributed by atoms with Gasteiger partial charge in [0.25, 0.3) is 0 Å². The van der Waals surface area contributed by atoms with E-state index in [2.05, 4.69) is 44.4 Å². The summed E-state index contributed by atoms with van der Waals surface area (Å²) in [4.78, 5) is 14.2. The van der Waals surface area contributed by atoms with E-state index in [0.29, 0.717) is 38.8 Å². The third-order valence-corrected chi connectivity index (χ3v) is 7.82. The minimum absolute atomic E-state index is 0.0402. The summed E-state index contributed by atoms with van der Waals surface area (Å²) in [6.45, 7) is 21.8. The van der Waals surface area contributed by atoms with Crippen molar-refractivity contribution in [3.8, 4) is 0 Å². The van der Waals surface area contributed by atoms with E-state index in [1.54, 1.807) is 6.92 Å².